The standard InChI is InChI=1S/C70H115N3O58S8/c1-10-19-28-108-46(80)31-36(32-111-40(74)22-13-4)115-66-48(72-133(87,88)89)54(120-42(76)24-15-6)51(38(117-66)34-113-136(96,97)98)124-69-63(131-139(105,106)107)59(123-45(79)27-18-9)57(61(129-69)65(83)110-30-21-12-3)127-68-49(73-134(90,91)92)55(121-43(77)25-16-7)52(39(118-68)35-114-137(99,100)101)125-70-62(130-138(102,103)104)58(122-44(78)26-17-8)56(60(128-70)64(82)109-29-20-11-2)126-67-47(71-132(84,85)86)53(119-41(75)23-14-5)50(81)37(116-67)33-112-135(93,94)95/h31,37-39,47-63,66-73,81H,10-30,32-35H2,1-9H3,(H,84,85,86)(H,87,88,89)(H,90,91,92)(H,93,94,95)(H,96,97,98)(H,99,100,101)(H,102,103,104)(H,105,106,107)/b36-31+. The topological polar surface area (TPSA) is 866 Å². The van der Waals surface area contributed by atoms with Crippen LogP contribution >= 0.6 is 0 Å². The van der Waals surface area contributed by atoms with Gasteiger partial charge in [0, 0.05) is 38.5 Å². The molecule has 25 atom stereocenters. The molecule has 0 spiro atoms. The van der Waals surface area contributed by atoms with Crippen LogP contribution < -0.4 is 14.2 Å². The van der Waals surface area contributed by atoms with E-state index in [-0.39, 0.29) is 83.7 Å². The largest absolute Gasteiger partial charge is 0.464 e. The van der Waals surface area contributed by atoms with E-state index in [1.807, 2.05) is 0 Å². The van der Waals surface area contributed by atoms with Crippen LogP contribution in [0.15, 0.2) is 11.8 Å². The van der Waals surface area contributed by atoms with Gasteiger partial charge in [0.2, 0.25) is 6.29 Å². The molecule has 139 heavy (non-hydrogen) atoms. The molecular formula is C70H115N3O58S8. The summed E-state index contributed by atoms with van der Waals surface area (Å²) in [4.78, 5) is 127. The van der Waals surface area contributed by atoms with E-state index in [9.17, 15) is 142 Å². The van der Waals surface area contributed by atoms with Crippen molar-refractivity contribution in [1.29, 1.82) is 0 Å². The van der Waals surface area contributed by atoms with Gasteiger partial charge in [-0.05, 0) is 57.8 Å². The number of carbonyl (C=O) groups is 9. The van der Waals surface area contributed by atoms with E-state index in [2.05, 4.69) is 8.37 Å². The van der Waals surface area contributed by atoms with E-state index in [1.54, 1.807) is 11.6 Å². The molecule has 69 heteroatoms. The first-order valence-electron chi connectivity index (χ1n) is 42.6. The second-order valence-electron chi connectivity index (χ2n) is 30.6. The van der Waals surface area contributed by atoms with Gasteiger partial charge in [0.15, 0.2) is 80.1 Å². The van der Waals surface area contributed by atoms with E-state index in [0.29, 0.717) is 12.5 Å². The zero-order valence-electron chi connectivity index (χ0n) is 75.5. The Labute approximate surface area is 798 Å². The SMILES string of the molecule is CCCCOC(=O)/C=C(\COC(=O)CCC)OC1OC(COS(=O)(=O)O)C(OC2OC(C(=O)OCCCC)C(OC3OC(COS(=O)(=O)O)C(OC4OC(C(=O)OCCCC)C(OC5OC(COS(=O)(=O)O)C(O)C(OC(=O)CCC)C5NS(=O)(=O)O)C(OC(=O)CCC)C4OS(=O)(=O)O)C(OC(=O)CCC)C3NS(=O)(=O)O)C(OC(=O)CCC)C2OS(=O)(=O)O)C(OC(=O)CCC)C1NS(=O)(=O)O. The summed E-state index contributed by atoms with van der Waals surface area (Å²) in [5.74, 6) is -14.6. The monoisotopic (exact) mass is 2180 g/mol. The maximum Gasteiger partial charge on any atom is 0.397 e. The Hall–Kier alpha value is -6.67. The second kappa shape index (κ2) is 56.1. The Kier molecular flexibility index (Phi) is 49.6. The van der Waals surface area contributed by atoms with Crippen LogP contribution in [0.2, 0.25) is 0 Å². The number of ether oxygens (including phenoxy) is 19. The number of hydrogen-bond donors (Lipinski definition) is 12. The molecule has 5 aliphatic rings. The van der Waals surface area contributed by atoms with Crippen molar-refractivity contribution >= 4 is 137 Å². The summed E-state index contributed by atoms with van der Waals surface area (Å²) in [6.07, 6.45) is -69.4. The lowest BCUT2D eigenvalue weighted by Crippen LogP contribution is -2.72. The summed E-state index contributed by atoms with van der Waals surface area (Å²) >= 11 is 0. The highest BCUT2D eigenvalue weighted by molar-refractivity contribution is 7.84. The average molecular weight is 2180 g/mol. The van der Waals surface area contributed by atoms with E-state index < -0.39 is 367 Å². The zero-order chi connectivity index (χ0) is 105. The van der Waals surface area contributed by atoms with Gasteiger partial charge in [-0.1, -0.05) is 81.6 Å². The van der Waals surface area contributed by atoms with Gasteiger partial charge < -0.3 is 95.1 Å². The predicted molar refractivity (Wildman–Crippen MR) is 446 cm³/mol. The van der Waals surface area contributed by atoms with Crippen molar-refractivity contribution in [2.24, 2.45) is 0 Å². The molecule has 0 aromatic heterocycles. The molecule has 0 aromatic rings. The van der Waals surface area contributed by atoms with Gasteiger partial charge in [-0.15, -0.1) is 0 Å². The highest BCUT2D eigenvalue weighted by Crippen LogP contribution is 2.42. The van der Waals surface area contributed by atoms with Crippen LogP contribution in [0.1, 0.15) is 178 Å². The fourth-order valence-corrected chi connectivity index (χ4v) is 17.2. The van der Waals surface area contributed by atoms with Crippen LogP contribution in [-0.4, -0.2) is 362 Å². The summed E-state index contributed by atoms with van der Waals surface area (Å²) in [5, 5.41) is 11.7. The smallest absolute Gasteiger partial charge is 0.397 e. The van der Waals surface area contributed by atoms with Crippen LogP contribution in [0, 0.1) is 0 Å². The van der Waals surface area contributed by atoms with Gasteiger partial charge in [0.1, 0.15) is 79.3 Å². The van der Waals surface area contributed by atoms with Crippen LogP contribution in [0.4, 0.5) is 0 Å². The van der Waals surface area contributed by atoms with E-state index in [0.717, 1.165) is 0 Å². The summed E-state index contributed by atoms with van der Waals surface area (Å²) in [7, 11) is -48.4. The molecule has 5 saturated heterocycles. The lowest BCUT2D eigenvalue weighted by Gasteiger charge is -2.51. The normalized spacial score (nSPS) is 29.1. The number of nitrogens with one attached hydrogen (secondary N) is 3. The molecule has 0 bridgehead atoms. The van der Waals surface area contributed by atoms with E-state index in [4.69, 9.17) is 103 Å². The zero-order valence-corrected chi connectivity index (χ0v) is 82.0. The van der Waals surface area contributed by atoms with Gasteiger partial charge in [-0.25, -0.2) is 35.3 Å². The van der Waals surface area contributed by atoms with Gasteiger partial charge in [-0.2, -0.15) is 81.5 Å². The summed E-state index contributed by atoms with van der Waals surface area (Å²) in [6.45, 7) is 4.59. The third-order valence-corrected chi connectivity index (χ3v) is 23.2. The van der Waals surface area contributed by atoms with Gasteiger partial charge in [0.25, 0.3) is 0 Å². The maximum absolute atomic E-state index is 15.3. The Morgan fingerprint density at radius 3 is 0.928 bits per heavy atom. The van der Waals surface area contributed by atoms with Crippen LogP contribution in [0.25, 0.3) is 0 Å². The van der Waals surface area contributed by atoms with E-state index >= 15 is 9.59 Å². The lowest BCUT2D eigenvalue weighted by atomic mass is 9.93. The minimum absolute atomic E-state index is 0.0807. The molecule has 0 amide bonds. The quantitative estimate of drug-likeness (QED) is 0.00746. The molecule has 5 fully saturated rings. The third kappa shape index (κ3) is 42.9. The summed E-state index contributed by atoms with van der Waals surface area (Å²) in [6, 6.07) is -8.56. The number of rotatable bonds is 60. The maximum atomic E-state index is 15.3. The predicted octanol–water partition coefficient (Wildman–Crippen LogP) is -2.54. The first kappa shape index (κ1) is 123. The molecule has 5 rings (SSSR count). The van der Waals surface area contributed by atoms with Gasteiger partial charge in [0.05, 0.1) is 45.7 Å². The van der Waals surface area contributed by atoms with Crippen molar-refractivity contribution in [2.75, 3.05) is 46.2 Å². The van der Waals surface area contributed by atoms with Crippen molar-refractivity contribution in [1.82, 2.24) is 14.2 Å². The lowest BCUT2D eigenvalue weighted by molar-refractivity contribution is -0.373. The number of esters is 9. The molecular weight excluding hydrogens is 2070 g/mol. The first-order valence-corrected chi connectivity index (χ1v) is 53.8. The molecule has 5 heterocycles. The minimum atomic E-state index is -6.43. The molecule has 25 unspecified atom stereocenters. The Morgan fingerprint density at radius 2 is 0.597 bits per heavy atom. The number of aliphatic hydroxyl groups is 1. The number of carbonyl (C=O) groups excluding carboxylic acids is 9. The van der Waals surface area contributed by atoms with Crippen LogP contribution in [0.3, 0.4) is 0 Å². The third-order valence-electron chi connectivity index (χ3n) is 19.3. The van der Waals surface area contributed by atoms with Crippen LogP contribution in [-0.2, 0) is 237 Å². The molecule has 5 aliphatic heterocycles. The highest BCUT2D eigenvalue weighted by Gasteiger charge is 2.65. The van der Waals surface area contributed by atoms with Gasteiger partial charge >= 0.3 is 137 Å². The fourth-order valence-electron chi connectivity index (χ4n) is 13.5. The highest BCUT2D eigenvalue weighted by atomic mass is 32.3. The van der Waals surface area contributed by atoms with Crippen molar-refractivity contribution in [3.05, 3.63) is 11.8 Å². The van der Waals surface area contributed by atoms with Crippen molar-refractivity contribution in [3.63, 3.8) is 0 Å². The summed E-state index contributed by atoms with van der Waals surface area (Å²) in [5.41, 5.74) is 0. The molecule has 61 nitrogen and oxygen atoms in total. The molecule has 0 aliphatic carbocycles. The Balaban J connectivity index is 1.97. The molecule has 0 radical (unpaired) electrons. The van der Waals surface area contributed by atoms with Crippen molar-refractivity contribution < 1.29 is 263 Å². The number of unbranched alkanes of at least 4 members (excludes halogenated alkanes) is 3. The van der Waals surface area contributed by atoms with Gasteiger partial charge in [-0.3, -0.25) is 65.2 Å². The van der Waals surface area contributed by atoms with Crippen molar-refractivity contribution in [2.45, 2.75) is 331 Å². The number of hydrogen-bond acceptors (Lipinski definition) is 50. The van der Waals surface area contributed by atoms with E-state index in [1.165, 1.54) is 64.8 Å². The number of aliphatic hydroxyl groups excluding tert-OH is 1. The first-order chi connectivity index (χ1) is 64.6. The minimum Gasteiger partial charge on any atom is -0.464 e. The Morgan fingerprint density at radius 1 is 0.302 bits per heavy atom. The molecule has 0 aromatic carbocycles. The second-order valence-corrected chi connectivity index (χ2v) is 39.5. The average Bonchev–Trinajstić information content (AvgIpc) is 0.746. The molecule has 806 valence electrons. The Bertz CT molecular complexity index is 5050. The van der Waals surface area contributed by atoms with Crippen molar-refractivity contribution in [3.8, 4) is 0 Å². The molecule has 0 saturated carbocycles. The molecule has 12 N–H and O–H groups in total. The fraction of sp³-hybridized carbons (Fsp3) is 0.843. The van der Waals surface area contributed by atoms with Crippen LogP contribution in [0.5, 0.6) is 0 Å². The summed E-state index contributed by atoms with van der Waals surface area (Å²) < 4.78 is 433.